The van der Waals surface area contributed by atoms with Gasteiger partial charge in [0.15, 0.2) is 0 Å². The fourth-order valence-electron chi connectivity index (χ4n) is 4.94. The molecule has 1 amide bonds. The van der Waals surface area contributed by atoms with E-state index in [0.29, 0.717) is 46.6 Å². The van der Waals surface area contributed by atoms with Gasteiger partial charge in [-0.05, 0) is 43.3 Å². The van der Waals surface area contributed by atoms with Crippen molar-refractivity contribution in [3.05, 3.63) is 93.8 Å². The standard InChI is InChI=1S/C30H28ClN9O3/c1-18-26(30(42)40(38(18)2)23-6-4-3-5-21(23)31)29(41)37-24-8-7-20(16-34-24)27-28(32)35-17-22(36-27)19-9-10-33-25(15-19)39-11-13-43-14-12-39/h3-10,15-17H,11-14H2,1-2H3,(H2,32,35)(H,34,37,41). The number of hydrogen-bond donors (Lipinski definition) is 2. The number of aromatic nitrogens is 6. The smallest absolute Gasteiger partial charge is 0.284 e. The number of nitrogen functional groups attached to an aromatic ring is 1. The highest BCUT2D eigenvalue weighted by molar-refractivity contribution is 6.32. The van der Waals surface area contributed by atoms with E-state index >= 15 is 0 Å². The van der Waals surface area contributed by atoms with Crippen molar-refractivity contribution >= 4 is 35.0 Å². The Bertz CT molecular complexity index is 1880. The molecule has 0 aliphatic carbocycles. The number of nitrogens with two attached hydrogens (primary N) is 1. The lowest BCUT2D eigenvalue weighted by atomic mass is 10.1. The highest BCUT2D eigenvalue weighted by atomic mass is 35.5. The van der Waals surface area contributed by atoms with Crippen LogP contribution in [0.15, 0.2) is 71.9 Å². The molecule has 0 radical (unpaired) electrons. The molecule has 0 bridgehead atoms. The highest BCUT2D eigenvalue weighted by Gasteiger charge is 2.23. The predicted octanol–water partition coefficient (Wildman–Crippen LogP) is 3.72. The zero-order valence-corrected chi connectivity index (χ0v) is 24.2. The van der Waals surface area contributed by atoms with Crippen LogP contribution in [0.25, 0.3) is 28.2 Å². The number of nitrogens with zero attached hydrogens (tertiary/aromatic N) is 7. The lowest BCUT2D eigenvalue weighted by molar-refractivity contribution is 0.102. The molecule has 0 spiro atoms. The van der Waals surface area contributed by atoms with Gasteiger partial charge >= 0.3 is 0 Å². The molecule has 1 saturated heterocycles. The average Bonchev–Trinajstić information content (AvgIpc) is 3.25. The second-order valence-electron chi connectivity index (χ2n) is 9.93. The molecule has 3 N–H and O–H groups in total. The summed E-state index contributed by atoms with van der Waals surface area (Å²) in [5, 5.41) is 3.11. The van der Waals surface area contributed by atoms with Crippen LogP contribution in [0.2, 0.25) is 5.02 Å². The van der Waals surface area contributed by atoms with E-state index in [9.17, 15) is 9.59 Å². The van der Waals surface area contributed by atoms with Crippen molar-refractivity contribution < 1.29 is 9.53 Å². The lowest BCUT2D eigenvalue weighted by Crippen LogP contribution is -2.36. The minimum absolute atomic E-state index is 0.00934. The van der Waals surface area contributed by atoms with Gasteiger partial charge in [-0.3, -0.25) is 14.3 Å². The van der Waals surface area contributed by atoms with E-state index in [2.05, 4.69) is 25.2 Å². The molecule has 4 aromatic heterocycles. The van der Waals surface area contributed by atoms with Gasteiger partial charge in [-0.1, -0.05) is 23.7 Å². The molecule has 5 heterocycles. The molecule has 218 valence electrons. The molecule has 6 rings (SSSR count). The van der Waals surface area contributed by atoms with Crippen LogP contribution in [0.1, 0.15) is 16.1 Å². The van der Waals surface area contributed by atoms with Crippen LogP contribution in [0, 0.1) is 6.92 Å². The van der Waals surface area contributed by atoms with Crippen molar-refractivity contribution in [3.63, 3.8) is 0 Å². The number of amides is 1. The molecule has 0 unspecified atom stereocenters. The fourth-order valence-corrected chi connectivity index (χ4v) is 5.16. The van der Waals surface area contributed by atoms with Gasteiger partial charge in [0.2, 0.25) is 0 Å². The number of ether oxygens (including phenoxy) is 1. The zero-order chi connectivity index (χ0) is 30.1. The van der Waals surface area contributed by atoms with Crippen molar-refractivity contribution in [2.45, 2.75) is 6.92 Å². The van der Waals surface area contributed by atoms with Crippen molar-refractivity contribution in [3.8, 4) is 28.2 Å². The van der Waals surface area contributed by atoms with Crippen molar-refractivity contribution in [1.29, 1.82) is 0 Å². The van der Waals surface area contributed by atoms with E-state index < -0.39 is 11.5 Å². The highest BCUT2D eigenvalue weighted by Crippen LogP contribution is 2.28. The van der Waals surface area contributed by atoms with Crippen LogP contribution >= 0.6 is 11.6 Å². The van der Waals surface area contributed by atoms with Crippen LogP contribution in [-0.2, 0) is 11.8 Å². The first kappa shape index (κ1) is 28.1. The molecular weight excluding hydrogens is 570 g/mol. The summed E-state index contributed by atoms with van der Waals surface area (Å²) in [6.45, 7) is 4.55. The Labute approximate surface area is 251 Å². The van der Waals surface area contributed by atoms with Gasteiger partial charge < -0.3 is 20.7 Å². The Morgan fingerprint density at radius 3 is 2.56 bits per heavy atom. The van der Waals surface area contributed by atoms with Crippen LogP contribution in [0.4, 0.5) is 17.5 Å². The summed E-state index contributed by atoms with van der Waals surface area (Å²) in [6, 6.07) is 14.1. The van der Waals surface area contributed by atoms with Crippen LogP contribution in [0.3, 0.4) is 0 Å². The largest absolute Gasteiger partial charge is 0.382 e. The summed E-state index contributed by atoms with van der Waals surface area (Å²) in [7, 11) is 1.69. The molecule has 12 nitrogen and oxygen atoms in total. The zero-order valence-electron chi connectivity index (χ0n) is 23.5. The number of halogens is 1. The maximum atomic E-state index is 13.3. The van der Waals surface area contributed by atoms with Gasteiger partial charge in [-0.2, -0.15) is 0 Å². The second-order valence-corrected chi connectivity index (χ2v) is 10.3. The minimum Gasteiger partial charge on any atom is -0.382 e. The van der Waals surface area contributed by atoms with Crippen molar-refractivity contribution in [2.24, 2.45) is 7.05 Å². The van der Waals surface area contributed by atoms with E-state index in [1.807, 2.05) is 12.1 Å². The molecule has 0 saturated carbocycles. The quantitative estimate of drug-likeness (QED) is 0.299. The third kappa shape index (κ3) is 5.45. The molecule has 0 atom stereocenters. The first-order valence-corrected chi connectivity index (χ1v) is 13.9. The molecule has 1 aliphatic heterocycles. The molecule has 43 heavy (non-hydrogen) atoms. The summed E-state index contributed by atoms with van der Waals surface area (Å²) in [6.07, 6.45) is 4.91. The van der Waals surface area contributed by atoms with Crippen LogP contribution < -0.4 is 21.5 Å². The Balaban J connectivity index is 1.24. The number of anilines is 3. The summed E-state index contributed by atoms with van der Waals surface area (Å²) >= 11 is 6.32. The van der Waals surface area contributed by atoms with Crippen molar-refractivity contribution in [1.82, 2.24) is 29.3 Å². The number of rotatable bonds is 6. The Hall–Kier alpha value is -5.07. The van der Waals surface area contributed by atoms with Gasteiger partial charge in [0.05, 0.1) is 41.5 Å². The Kier molecular flexibility index (Phi) is 7.61. The SMILES string of the molecule is Cc1c(C(=O)Nc2ccc(-c3nc(-c4ccnc(N5CCOCC5)c4)cnc3N)cn2)c(=O)n(-c2ccccc2Cl)n1C. The second kappa shape index (κ2) is 11.7. The number of hydrogen-bond acceptors (Lipinski definition) is 9. The molecule has 13 heteroatoms. The van der Waals surface area contributed by atoms with Crippen LogP contribution in [-0.4, -0.2) is 61.5 Å². The first-order chi connectivity index (χ1) is 20.8. The number of morpholine rings is 1. The summed E-state index contributed by atoms with van der Waals surface area (Å²) in [5.41, 5.74) is 9.20. The normalized spacial score (nSPS) is 13.2. The third-order valence-electron chi connectivity index (χ3n) is 7.32. The van der Waals surface area contributed by atoms with Gasteiger partial charge in [-0.25, -0.2) is 24.6 Å². The molecule has 1 fully saturated rings. The molecule has 5 aromatic rings. The Morgan fingerprint density at radius 2 is 1.81 bits per heavy atom. The van der Waals surface area contributed by atoms with Gasteiger partial charge in [0, 0.05) is 43.7 Å². The van der Waals surface area contributed by atoms with Crippen LogP contribution in [0.5, 0.6) is 0 Å². The first-order valence-electron chi connectivity index (χ1n) is 13.5. The molecular formula is C30H28ClN9O3. The number of benzene rings is 1. The summed E-state index contributed by atoms with van der Waals surface area (Å²) in [5.74, 6) is 0.756. The van der Waals surface area contributed by atoms with Crippen molar-refractivity contribution in [2.75, 3.05) is 42.3 Å². The van der Waals surface area contributed by atoms with E-state index in [1.54, 1.807) is 73.6 Å². The maximum Gasteiger partial charge on any atom is 0.284 e. The van der Waals surface area contributed by atoms with E-state index in [4.69, 9.17) is 27.1 Å². The number of pyridine rings is 2. The minimum atomic E-state index is -0.584. The Morgan fingerprint density at radius 1 is 1.02 bits per heavy atom. The fraction of sp³-hybridized carbons (Fsp3) is 0.200. The van der Waals surface area contributed by atoms with Gasteiger partial charge in [-0.15, -0.1) is 0 Å². The number of nitrogens with one attached hydrogen (secondary N) is 1. The average molecular weight is 598 g/mol. The molecule has 1 aromatic carbocycles. The number of para-hydroxylation sites is 1. The van der Waals surface area contributed by atoms with Gasteiger partial charge in [0.25, 0.3) is 11.5 Å². The van der Waals surface area contributed by atoms with E-state index in [0.717, 1.165) is 24.5 Å². The third-order valence-corrected chi connectivity index (χ3v) is 7.64. The molecule has 1 aliphatic rings. The topological polar surface area (TPSA) is 146 Å². The predicted molar refractivity (Wildman–Crippen MR) is 165 cm³/mol. The summed E-state index contributed by atoms with van der Waals surface area (Å²) < 4.78 is 8.41. The number of carbonyl (C=O) groups is 1. The number of carbonyl (C=O) groups excluding carboxylic acids is 1. The van der Waals surface area contributed by atoms with E-state index in [-0.39, 0.29) is 17.2 Å². The summed E-state index contributed by atoms with van der Waals surface area (Å²) in [4.78, 5) is 46.7. The lowest BCUT2D eigenvalue weighted by Gasteiger charge is -2.28. The van der Waals surface area contributed by atoms with E-state index in [1.165, 1.54) is 4.68 Å². The monoisotopic (exact) mass is 597 g/mol. The maximum absolute atomic E-state index is 13.3. The van der Waals surface area contributed by atoms with Gasteiger partial charge in [0.1, 0.15) is 28.7 Å².